The van der Waals surface area contributed by atoms with E-state index >= 15 is 0 Å². The molecule has 14 heteroatoms. The van der Waals surface area contributed by atoms with Gasteiger partial charge in [-0.3, -0.25) is 24.3 Å². The summed E-state index contributed by atoms with van der Waals surface area (Å²) >= 11 is 0. The van der Waals surface area contributed by atoms with Gasteiger partial charge in [-0.15, -0.1) is 10.2 Å². The number of Topliss-reactive ketones (excluding diaryl/α,β-unsaturated/α-hetero) is 1. The summed E-state index contributed by atoms with van der Waals surface area (Å²) in [7, 11) is 1.13. The molecule has 230 valence electrons. The van der Waals surface area contributed by atoms with Crippen LogP contribution in [0.15, 0.2) is 63.9 Å². The van der Waals surface area contributed by atoms with Crippen LogP contribution in [-0.4, -0.2) is 50.7 Å². The van der Waals surface area contributed by atoms with Gasteiger partial charge in [-0.05, 0) is 38.0 Å². The molecule has 2 aromatic heterocycles. The van der Waals surface area contributed by atoms with Crippen molar-refractivity contribution in [1.29, 1.82) is 0 Å². The van der Waals surface area contributed by atoms with Crippen molar-refractivity contribution in [3.8, 4) is 11.4 Å². The molecule has 0 spiro atoms. The Kier molecular flexibility index (Phi) is 9.31. The molecule has 0 bridgehead atoms. The molecule has 0 aliphatic rings. The minimum atomic E-state index is -1.29. The van der Waals surface area contributed by atoms with Crippen molar-refractivity contribution in [2.75, 3.05) is 12.4 Å². The molecule has 0 saturated carbocycles. The molecule has 0 fully saturated rings. The first kappa shape index (κ1) is 31.7. The Hall–Kier alpha value is -5.27. The number of rotatable bonds is 10. The van der Waals surface area contributed by atoms with E-state index in [0.29, 0.717) is 5.56 Å². The molecule has 0 unspecified atom stereocenters. The lowest BCUT2D eigenvalue weighted by Gasteiger charge is -2.22. The molecule has 4 aromatic rings. The Balaban J connectivity index is 1.61. The number of amides is 2. The van der Waals surface area contributed by atoms with E-state index in [1.165, 1.54) is 13.8 Å². The van der Waals surface area contributed by atoms with Crippen LogP contribution in [-0.2, 0) is 21.5 Å². The number of carbonyl (C=O) groups is 3. The zero-order valence-electron chi connectivity index (χ0n) is 24.6. The van der Waals surface area contributed by atoms with E-state index in [2.05, 4.69) is 30.6 Å². The van der Waals surface area contributed by atoms with Crippen LogP contribution in [0.4, 0.5) is 19.3 Å². The fraction of sp³-hybridized carbons (Fsp3) is 0.300. The zero-order valence-corrected chi connectivity index (χ0v) is 24.6. The molecule has 1 atom stereocenters. The largest absolute Gasteiger partial charge is 0.453 e. The van der Waals surface area contributed by atoms with Crippen LogP contribution in [0.1, 0.15) is 49.8 Å². The van der Waals surface area contributed by atoms with Gasteiger partial charge < -0.3 is 14.5 Å². The number of nitrogens with one attached hydrogen (secondary N) is 2. The molecule has 2 aromatic carbocycles. The van der Waals surface area contributed by atoms with E-state index in [0.717, 1.165) is 36.1 Å². The molecule has 2 amide bonds. The number of carbonyl (C=O) groups excluding carboxylic acids is 3. The quantitative estimate of drug-likeness (QED) is 0.253. The minimum absolute atomic E-state index is 0.0500. The third kappa shape index (κ3) is 6.69. The summed E-state index contributed by atoms with van der Waals surface area (Å²) in [6, 6.07) is 10.4. The van der Waals surface area contributed by atoms with Gasteiger partial charge in [-0.2, -0.15) is 0 Å². The summed E-state index contributed by atoms with van der Waals surface area (Å²) in [5.74, 6) is -3.72. The first-order valence-electron chi connectivity index (χ1n) is 13.5. The van der Waals surface area contributed by atoms with Gasteiger partial charge in [0.25, 0.3) is 11.4 Å². The number of hydrogen-bond acceptors (Lipinski definition) is 9. The van der Waals surface area contributed by atoms with Crippen LogP contribution in [0.2, 0.25) is 0 Å². The summed E-state index contributed by atoms with van der Waals surface area (Å²) in [4.78, 5) is 56.1. The highest BCUT2D eigenvalue weighted by molar-refractivity contribution is 5.98. The van der Waals surface area contributed by atoms with Crippen molar-refractivity contribution in [3.63, 3.8) is 0 Å². The first-order valence-corrected chi connectivity index (χ1v) is 13.5. The predicted molar refractivity (Wildman–Crippen MR) is 154 cm³/mol. The molecule has 12 nitrogen and oxygen atoms in total. The average molecular weight is 609 g/mol. The number of ether oxygens (including phenoxy) is 1. The number of hydrogen-bond donors (Lipinski definition) is 2. The van der Waals surface area contributed by atoms with Crippen LogP contribution >= 0.6 is 0 Å². The van der Waals surface area contributed by atoms with Crippen molar-refractivity contribution >= 4 is 23.5 Å². The Morgan fingerprint density at radius 2 is 1.77 bits per heavy atom. The van der Waals surface area contributed by atoms with E-state index < -0.39 is 64.8 Å². The highest BCUT2D eigenvalue weighted by Crippen LogP contribution is 2.33. The maximum Gasteiger partial charge on any atom is 0.411 e. The molecule has 0 saturated heterocycles. The highest BCUT2D eigenvalue weighted by Gasteiger charge is 2.36. The fourth-order valence-electron chi connectivity index (χ4n) is 4.40. The second-order valence-electron chi connectivity index (χ2n) is 10.7. The SMILES string of the molecule is COC(=O)Nc1cnc(-c2ccccc2)n(CC(=O)N[C@@H](C(=O)c2nnc(C(C)(C)c3cc(F)ccc3F)o2)C(C)C)c1=O. The van der Waals surface area contributed by atoms with E-state index in [1.54, 1.807) is 44.2 Å². The van der Waals surface area contributed by atoms with Gasteiger partial charge in [0, 0.05) is 11.1 Å². The molecule has 2 N–H and O–H groups in total. The second kappa shape index (κ2) is 12.9. The van der Waals surface area contributed by atoms with E-state index in [9.17, 15) is 28.0 Å². The van der Waals surface area contributed by atoms with Crippen LogP contribution in [0.5, 0.6) is 0 Å². The molecule has 0 aliphatic heterocycles. The van der Waals surface area contributed by atoms with Gasteiger partial charge in [0.1, 0.15) is 29.7 Å². The van der Waals surface area contributed by atoms with Gasteiger partial charge in [0.05, 0.1) is 24.8 Å². The fourth-order valence-corrected chi connectivity index (χ4v) is 4.40. The second-order valence-corrected chi connectivity index (χ2v) is 10.7. The van der Waals surface area contributed by atoms with Gasteiger partial charge in [-0.25, -0.2) is 18.6 Å². The molecular weight excluding hydrogens is 578 g/mol. The summed E-state index contributed by atoms with van der Waals surface area (Å²) < 4.78 is 39.6. The zero-order chi connectivity index (χ0) is 32.2. The van der Waals surface area contributed by atoms with Crippen LogP contribution in [0, 0.1) is 17.6 Å². The van der Waals surface area contributed by atoms with Gasteiger partial charge in [-0.1, -0.05) is 44.2 Å². The number of ketones is 1. The van der Waals surface area contributed by atoms with Crippen LogP contribution in [0.25, 0.3) is 11.4 Å². The van der Waals surface area contributed by atoms with E-state index in [4.69, 9.17) is 4.42 Å². The third-order valence-corrected chi connectivity index (χ3v) is 6.84. The van der Waals surface area contributed by atoms with Crippen molar-refractivity contribution < 1.29 is 32.3 Å². The van der Waals surface area contributed by atoms with Crippen LogP contribution in [0.3, 0.4) is 0 Å². The number of nitrogens with zero attached hydrogens (tertiary/aromatic N) is 4. The maximum absolute atomic E-state index is 14.5. The van der Waals surface area contributed by atoms with Crippen molar-refractivity contribution in [2.45, 2.75) is 45.7 Å². The summed E-state index contributed by atoms with van der Waals surface area (Å²) in [6.07, 6.45) is 0.251. The Bertz CT molecular complexity index is 1750. The maximum atomic E-state index is 14.5. The molecular formula is C30H30F2N6O6. The first-order chi connectivity index (χ1) is 20.8. The number of halogens is 2. The van der Waals surface area contributed by atoms with Gasteiger partial charge in [0.15, 0.2) is 0 Å². The lowest BCUT2D eigenvalue weighted by molar-refractivity contribution is -0.122. The summed E-state index contributed by atoms with van der Waals surface area (Å²) in [5, 5.41) is 12.6. The molecule has 44 heavy (non-hydrogen) atoms. The Morgan fingerprint density at radius 3 is 2.43 bits per heavy atom. The lowest BCUT2D eigenvalue weighted by atomic mass is 9.84. The van der Waals surface area contributed by atoms with E-state index in [-0.39, 0.29) is 23.0 Å². The third-order valence-electron chi connectivity index (χ3n) is 6.84. The minimum Gasteiger partial charge on any atom is -0.453 e. The smallest absolute Gasteiger partial charge is 0.411 e. The summed E-state index contributed by atoms with van der Waals surface area (Å²) in [6.45, 7) is 5.86. The predicted octanol–water partition coefficient (Wildman–Crippen LogP) is 4.10. The molecule has 2 heterocycles. The van der Waals surface area contributed by atoms with Crippen LogP contribution < -0.4 is 16.2 Å². The topological polar surface area (TPSA) is 158 Å². The standard InChI is InChI=1S/C30H30F2N6O6/c1-16(2)23(24(40)26-36-37-28(44-26)30(3,4)19-13-18(31)11-12-20(19)32)35-22(39)15-38-25(17-9-7-6-8-10-17)33-14-21(27(38)41)34-29(42)43-5/h6-14,16,23H,15H2,1-5H3,(H,34,42)(H,35,39)/t23-/m1/s1. The molecule has 0 aliphatic carbocycles. The highest BCUT2D eigenvalue weighted by atomic mass is 19.1. The summed E-state index contributed by atoms with van der Waals surface area (Å²) in [5.41, 5.74) is -1.78. The Labute approximate surface area is 250 Å². The number of aromatic nitrogens is 4. The monoisotopic (exact) mass is 608 g/mol. The number of methoxy groups -OCH3 is 1. The number of benzene rings is 2. The number of anilines is 1. The Morgan fingerprint density at radius 1 is 1.07 bits per heavy atom. The van der Waals surface area contributed by atoms with Gasteiger partial charge >= 0.3 is 6.09 Å². The van der Waals surface area contributed by atoms with E-state index in [1.807, 2.05) is 0 Å². The molecule has 0 radical (unpaired) electrons. The van der Waals surface area contributed by atoms with Crippen molar-refractivity contribution in [3.05, 3.63) is 94.1 Å². The normalized spacial score (nSPS) is 12.1. The average Bonchev–Trinajstić information content (AvgIpc) is 3.50. The van der Waals surface area contributed by atoms with Crippen molar-refractivity contribution in [2.24, 2.45) is 5.92 Å². The van der Waals surface area contributed by atoms with Crippen molar-refractivity contribution in [1.82, 2.24) is 25.1 Å². The molecule has 4 rings (SSSR count). The lowest BCUT2D eigenvalue weighted by Crippen LogP contribution is -2.46. The van der Waals surface area contributed by atoms with Gasteiger partial charge in [0.2, 0.25) is 17.6 Å².